The van der Waals surface area contributed by atoms with Crippen molar-refractivity contribution in [3.8, 4) is 0 Å². The summed E-state index contributed by atoms with van der Waals surface area (Å²) in [5, 5.41) is 0. The molecule has 0 atom stereocenters. The Morgan fingerprint density at radius 3 is 2.52 bits per heavy atom. The van der Waals surface area contributed by atoms with Crippen molar-refractivity contribution in [1.82, 2.24) is 4.90 Å². The van der Waals surface area contributed by atoms with Gasteiger partial charge in [0, 0.05) is 37.4 Å². The molecule has 128 valence electrons. The van der Waals surface area contributed by atoms with Gasteiger partial charge in [0.05, 0.1) is 0 Å². The van der Waals surface area contributed by atoms with Gasteiger partial charge < -0.3 is 4.90 Å². The first-order valence-electron chi connectivity index (χ1n) is 9.14. The van der Waals surface area contributed by atoms with Crippen molar-refractivity contribution in [3.05, 3.63) is 35.9 Å². The Bertz CT molecular complexity index is 504. The van der Waals surface area contributed by atoms with Crippen molar-refractivity contribution >= 4 is 23.7 Å². The summed E-state index contributed by atoms with van der Waals surface area (Å²) in [7, 11) is 0. The molecule has 0 N–H and O–H groups in total. The molecule has 2 aliphatic rings. The lowest BCUT2D eigenvalue weighted by atomic mass is 9.98. The fourth-order valence-corrected chi connectivity index (χ4v) is 3.81. The van der Waals surface area contributed by atoms with Crippen LogP contribution in [0.2, 0.25) is 0 Å². The van der Waals surface area contributed by atoms with Gasteiger partial charge in [0.15, 0.2) is 0 Å². The van der Waals surface area contributed by atoms with Crippen molar-refractivity contribution < 1.29 is 0 Å². The fourth-order valence-electron chi connectivity index (χ4n) is 3.81. The molecule has 0 aromatic heterocycles. The number of allylic oxidation sites excluding steroid dienone is 2. The standard InChI is InChI=1S/C20H30N2.ClH/c1-2-13-21-14-16-22(17-15-21)20-12-8-7-11-19(20)18-9-5-3-4-6-10-18;/h7-9,11-12H,2-6,10,13-17H2,1H3;1H. The first-order valence-corrected chi connectivity index (χ1v) is 9.14. The summed E-state index contributed by atoms with van der Waals surface area (Å²) in [6, 6.07) is 9.08. The third-order valence-corrected chi connectivity index (χ3v) is 5.04. The topological polar surface area (TPSA) is 6.48 Å². The second-order valence-corrected chi connectivity index (χ2v) is 6.67. The zero-order valence-corrected chi connectivity index (χ0v) is 15.3. The molecule has 1 fully saturated rings. The van der Waals surface area contributed by atoms with Crippen LogP contribution in [0.4, 0.5) is 5.69 Å². The molecule has 0 amide bonds. The van der Waals surface area contributed by atoms with E-state index < -0.39 is 0 Å². The Kier molecular flexibility index (Phi) is 7.45. The molecule has 1 aromatic rings. The number of nitrogens with zero attached hydrogens (tertiary/aromatic N) is 2. The van der Waals surface area contributed by atoms with Gasteiger partial charge in [-0.05, 0) is 50.3 Å². The third kappa shape index (κ3) is 4.74. The molecule has 3 rings (SSSR count). The molecule has 0 unspecified atom stereocenters. The van der Waals surface area contributed by atoms with Crippen LogP contribution in [0.1, 0.15) is 51.0 Å². The second kappa shape index (κ2) is 9.34. The summed E-state index contributed by atoms with van der Waals surface area (Å²) in [5.74, 6) is 0. The molecule has 3 heteroatoms. The Hall–Kier alpha value is -0.990. The van der Waals surface area contributed by atoms with E-state index in [0.717, 1.165) is 0 Å². The van der Waals surface area contributed by atoms with Crippen LogP contribution in [0.3, 0.4) is 0 Å². The summed E-state index contributed by atoms with van der Waals surface area (Å²) in [6.45, 7) is 8.29. The number of hydrogen-bond donors (Lipinski definition) is 0. The Morgan fingerprint density at radius 1 is 0.957 bits per heavy atom. The SMILES string of the molecule is CCCN1CCN(c2ccccc2C2=CCCCCC2)CC1.Cl. The van der Waals surface area contributed by atoms with Crippen molar-refractivity contribution in [2.24, 2.45) is 0 Å². The summed E-state index contributed by atoms with van der Waals surface area (Å²) in [4.78, 5) is 5.21. The Morgan fingerprint density at radius 2 is 1.74 bits per heavy atom. The number of piperazine rings is 1. The highest BCUT2D eigenvalue weighted by Gasteiger charge is 2.19. The average molecular weight is 335 g/mol. The van der Waals surface area contributed by atoms with E-state index in [1.54, 1.807) is 5.57 Å². The Balaban J connectivity index is 0.00000192. The van der Waals surface area contributed by atoms with Crippen molar-refractivity contribution in [3.63, 3.8) is 0 Å². The van der Waals surface area contributed by atoms with Gasteiger partial charge in [-0.3, -0.25) is 4.90 Å². The molecule has 23 heavy (non-hydrogen) atoms. The molecule has 1 aliphatic carbocycles. The minimum Gasteiger partial charge on any atom is -0.368 e. The first-order chi connectivity index (χ1) is 10.9. The van der Waals surface area contributed by atoms with Crippen molar-refractivity contribution in [2.45, 2.75) is 45.4 Å². The van der Waals surface area contributed by atoms with Crippen LogP contribution >= 0.6 is 12.4 Å². The van der Waals surface area contributed by atoms with Gasteiger partial charge in [-0.25, -0.2) is 0 Å². The summed E-state index contributed by atoms with van der Waals surface area (Å²) in [6.07, 6.45) is 10.4. The molecular formula is C20H31ClN2. The van der Waals surface area contributed by atoms with E-state index in [1.165, 1.54) is 82.5 Å². The number of rotatable bonds is 4. The molecule has 0 saturated carbocycles. The van der Waals surface area contributed by atoms with E-state index in [1.807, 2.05) is 0 Å². The van der Waals surface area contributed by atoms with Crippen LogP contribution in [-0.4, -0.2) is 37.6 Å². The molecule has 0 spiro atoms. The maximum absolute atomic E-state index is 2.60. The lowest BCUT2D eigenvalue weighted by Gasteiger charge is -2.37. The van der Waals surface area contributed by atoms with Crippen LogP contribution in [0, 0.1) is 0 Å². The zero-order valence-electron chi connectivity index (χ0n) is 14.5. The predicted octanol–water partition coefficient (Wildman–Crippen LogP) is 4.99. The minimum absolute atomic E-state index is 0. The second-order valence-electron chi connectivity index (χ2n) is 6.67. The van der Waals surface area contributed by atoms with Gasteiger partial charge in [-0.1, -0.05) is 37.6 Å². The highest BCUT2D eigenvalue weighted by atomic mass is 35.5. The maximum atomic E-state index is 2.60. The third-order valence-electron chi connectivity index (χ3n) is 5.04. The molecule has 1 aliphatic heterocycles. The van der Waals surface area contributed by atoms with Gasteiger partial charge in [-0.15, -0.1) is 12.4 Å². The van der Waals surface area contributed by atoms with E-state index in [4.69, 9.17) is 0 Å². The highest BCUT2D eigenvalue weighted by Crippen LogP contribution is 2.33. The number of benzene rings is 1. The van der Waals surface area contributed by atoms with E-state index in [2.05, 4.69) is 47.1 Å². The normalized spacial score (nSPS) is 19.7. The molecule has 0 bridgehead atoms. The van der Waals surface area contributed by atoms with E-state index >= 15 is 0 Å². The number of para-hydroxylation sites is 1. The van der Waals surface area contributed by atoms with Crippen LogP contribution in [0.15, 0.2) is 30.3 Å². The monoisotopic (exact) mass is 334 g/mol. The largest absolute Gasteiger partial charge is 0.368 e. The molecule has 1 saturated heterocycles. The van der Waals surface area contributed by atoms with Crippen LogP contribution in [0.25, 0.3) is 5.57 Å². The molecular weight excluding hydrogens is 304 g/mol. The highest BCUT2D eigenvalue weighted by molar-refractivity contribution is 5.85. The quantitative estimate of drug-likeness (QED) is 0.765. The van der Waals surface area contributed by atoms with Gasteiger partial charge in [0.1, 0.15) is 0 Å². The van der Waals surface area contributed by atoms with Gasteiger partial charge in [-0.2, -0.15) is 0 Å². The summed E-state index contributed by atoms with van der Waals surface area (Å²) >= 11 is 0. The number of anilines is 1. The molecule has 1 heterocycles. The summed E-state index contributed by atoms with van der Waals surface area (Å²) < 4.78 is 0. The minimum atomic E-state index is 0. The summed E-state index contributed by atoms with van der Waals surface area (Å²) in [5.41, 5.74) is 4.55. The van der Waals surface area contributed by atoms with Crippen molar-refractivity contribution in [2.75, 3.05) is 37.6 Å². The van der Waals surface area contributed by atoms with E-state index in [0.29, 0.717) is 0 Å². The predicted molar refractivity (Wildman–Crippen MR) is 104 cm³/mol. The van der Waals surface area contributed by atoms with Gasteiger partial charge in [0.25, 0.3) is 0 Å². The van der Waals surface area contributed by atoms with Gasteiger partial charge in [0.2, 0.25) is 0 Å². The average Bonchev–Trinajstić information content (AvgIpc) is 2.85. The van der Waals surface area contributed by atoms with Gasteiger partial charge >= 0.3 is 0 Å². The smallest absolute Gasteiger partial charge is 0.0443 e. The van der Waals surface area contributed by atoms with Crippen LogP contribution in [0.5, 0.6) is 0 Å². The zero-order chi connectivity index (χ0) is 15.2. The molecule has 0 radical (unpaired) electrons. The van der Waals surface area contributed by atoms with Crippen LogP contribution in [-0.2, 0) is 0 Å². The lowest BCUT2D eigenvalue weighted by molar-refractivity contribution is 0.258. The molecule has 2 nitrogen and oxygen atoms in total. The van der Waals surface area contributed by atoms with E-state index in [9.17, 15) is 0 Å². The Labute approximate surface area is 148 Å². The first kappa shape index (κ1) is 18.4. The fraction of sp³-hybridized carbons (Fsp3) is 0.600. The number of halogens is 1. The number of hydrogen-bond acceptors (Lipinski definition) is 2. The molecule has 1 aromatic carbocycles. The lowest BCUT2D eigenvalue weighted by Crippen LogP contribution is -2.46. The van der Waals surface area contributed by atoms with Crippen molar-refractivity contribution in [1.29, 1.82) is 0 Å². The van der Waals surface area contributed by atoms with Crippen LogP contribution < -0.4 is 4.90 Å². The van der Waals surface area contributed by atoms with E-state index in [-0.39, 0.29) is 12.4 Å². The maximum Gasteiger partial charge on any atom is 0.0443 e.